The van der Waals surface area contributed by atoms with Crippen molar-refractivity contribution in [1.29, 1.82) is 0 Å². The fraction of sp³-hybridized carbons (Fsp3) is 0.250. The maximum Gasteiger partial charge on any atom is 0.227 e. The molecule has 0 fully saturated rings. The molecule has 3 aromatic rings. The second-order valence-electron chi connectivity index (χ2n) is 7.93. The van der Waals surface area contributed by atoms with Crippen LogP contribution in [0.2, 0.25) is 5.02 Å². The molecule has 0 unspecified atom stereocenters. The van der Waals surface area contributed by atoms with E-state index >= 15 is 0 Å². The first-order valence-corrected chi connectivity index (χ1v) is 9.55. The van der Waals surface area contributed by atoms with Crippen LogP contribution in [-0.2, 0) is 18.4 Å². The van der Waals surface area contributed by atoms with Crippen LogP contribution in [0, 0.1) is 0 Å². The molecule has 1 heterocycles. The van der Waals surface area contributed by atoms with Gasteiger partial charge < -0.3 is 17.0 Å². The molecular formula is C24H25BrClNO. The predicted molar refractivity (Wildman–Crippen MR) is 110 cm³/mol. The summed E-state index contributed by atoms with van der Waals surface area (Å²) in [5.41, 5.74) is 4.50. The van der Waals surface area contributed by atoms with Crippen LogP contribution in [0.1, 0.15) is 47.8 Å². The third kappa shape index (κ3) is 6.02. The Balaban J connectivity index is 0.00000280. The normalized spacial score (nSPS) is 11.0. The molecule has 2 nitrogen and oxygen atoms in total. The van der Waals surface area contributed by atoms with Crippen LogP contribution < -0.4 is 21.5 Å². The van der Waals surface area contributed by atoms with Gasteiger partial charge in [0, 0.05) is 22.7 Å². The number of hydrogen-bond donors (Lipinski definition) is 0. The van der Waals surface area contributed by atoms with E-state index in [4.69, 9.17) is 11.6 Å². The fourth-order valence-corrected chi connectivity index (χ4v) is 3.09. The summed E-state index contributed by atoms with van der Waals surface area (Å²) in [6.45, 7) is 6.86. The average Bonchev–Trinajstić information content (AvgIpc) is 2.64. The summed E-state index contributed by atoms with van der Waals surface area (Å²) in [5.74, 6) is 0.117. The molecule has 0 amide bonds. The topological polar surface area (TPSA) is 20.9 Å². The van der Waals surface area contributed by atoms with E-state index in [-0.39, 0.29) is 28.2 Å². The van der Waals surface area contributed by atoms with Crippen LogP contribution in [-0.4, -0.2) is 5.78 Å². The largest absolute Gasteiger partial charge is 1.00 e. The van der Waals surface area contributed by atoms with Crippen LogP contribution in [0.3, 0.4) is 0 Å². The van der Waals surface area contributed by atoms with Crippen molar-refractivity contribution < 1.29 is 26.3 Å². The molecule has 0 atom stereocenters. The number of hydrogen-bond acceptors (Lipinski definition) is 1. The summed E-state index contributed by atoms with van der Waals surface area (Å²) >= 11 is 5.93. The van der Waals surface area contributed by atoms with E-state index in [2.05, 4.69) is 32.9 Å². The Kier molecular flexibility index (Phi) is 7.56. The van der Waals surface area contributed by atoms with E-state index in [0.717, 1.165) is 17.0 Å². The molecule has 28 heavy (non-hydrogen) atoms. The minimum absolute atomic E-state index is 0. The average molecular weight is 459 g/mol. The third-order valence-electron chi connectivity index (χ3n) is 4.68. The number of pyridine rings is 1. The van der Waals surface area contributed by atoms with Gasteiger partial charge in [-0.05, 0) is 40.7 Å². The van der Waals surface area contributed by atoms with E-state index in [9.17, 15) is 4.79 Å². The van der Waals surface area contributed by atoms with Gasteiger partial charge in [-0.1, -0.05) is 68.8 Å². The summed E-state index contributed by atoms with van der Waals surface area (Å²) in [5, 5.41) is 0.749. The number of nitrogens with zero attached hydrogens (tertiary/aromatic N) is 1. The molecule has 0 N–H and O–H groups in total. The summed E-state index contributed by atoms with van der Waals surface area (Å²) < 4.78 is 1.92. The van der Waals surface area contributed by atoms with Gasteiger partial charge in [0.15, 0.2) is 12.4 Å². The number of benzene rings is 2. The number of carbonyl (C=O) groups is 1. The van der Waals surface area contributed by atoms with Gasteiger partial charge in [0.2, 0.25) is 12.3 Å². The van der Waals surface area contributed by atoms with Crippen molar-refractivity contribution in [3.05, 3.63) is 100 Å². The lowest BCUT2D eigenvalue weighted by Crippen LogP contribution is -3.00. The highest BCUT2D eigenvalue weighted by Crippen LogP contribution is 2.22. The Morgan fingerprint density at radius 3 is 1.93 bits per heavy atom. The SMILES string of the molecule is CC(C)(C)c1ccc(C(=O)C[n+]2ccc(Cc3ccc(Cl)cc3)cc2)cc1.[Br-]. The highest BCUT2D eigenvalue weighted by molar-refractivity contribution is 6.30. The Bertz CT molecular complexity index is 911. The molecular weight excluding hydrogens is 434 g/mol. The molecule has 0 aliphatic heterocycles. The minimum Gasteiger partial charge on any atom is -1.00 e. The first-order valence-electron chi connectivity index (χ1n) is 9.17. The van der Waals surface area contributed by atoms with Crippen LogP contribution in [0.4, 0.5) is 0 Å². The summed E-state index contributed by atoms with van der Waals surface area (Å²) in [4.78, 5) is 12.5. The molecule has 4 heteroatoms. The predicted octanol–water partition coefficient (Wildman–Crippen LogP) is 2.40. The zero-order valence-electron chi connectivity index (χ0n) is 16.5. The summed E-state index contributed by atoms with van der Waals surface area (Å²) in [6.07, 6.45) is 4.78. The van der Waals surface area contributed by atoms with Gasteiger partial charge in [0.25, 0.3) is 0 Å². The molecule has 0 radical (unpaired) electrons. The van der Waals surface area contributed by atoms with Crippen molar-refractivity contribution >= 4 is 17.4 Å². The number of halogens is 2. The lowest BCUT2D eigenvalue weighted by molar-refractivity contribution is -0.683. The Morgan fingerprint density at radius 2 is 1.39 bits per heavy atom. The monoisotopic (exact) mass is 457 g/mol. The van der Waals surface area contributed by atoms with Crippen LogP contribution >= 0.6 is 11.6 Å². The Labute approximate surface area is 183 Å². The summed E-state index contributed by atoms with van der Waals surface area (Å²) in [6, 6.07) is 20.0. The Hall–Kier alpha value is -1.97. The highest BCUT2D eigenvalue weighted by atomic mass is 79.9. The smallest absolute Gasteiger partial charge is 0.227 e. The van der Waals surface area contributed by atoms with Crippen molar-refractivity contribution in [2.45, 2.75) is 39.2 Å². The van der Waals surface area contributed by atoms with E-state index < -0.39 is 0 Å². The van der Waals surface area contributed by atoms with Crippen molar-refractivity contribution in [2.75, 3.05) is 0 Å². The van der Waals surface area contributed by atoms with Gasteiger partial charge in [-0.15, -0.1) is 0 Å². The van der Waals surface area contributed by atoms with Crippen molar-refractivity contribution in [2.24, 2.45) is 0 Å². The molecule has 2 aromatic carbocycles. The zero-order chi connectivity index (χ0) is 19.4. The molecule has 0 spiro atoms. The van der Waals surface area contributed by atoms with Gasteiger partial charge in [-0.25, -0.2) is 0 Å². The van der Waals surface area contributed by atoms with Gasteiger partial charge >= 0.3 is 0 Å². The number of Topliss-reactive ketones (excluding diaryl/α,β-unsaturated/α-hetero) is 1. The number of rotatable bonds is 5. The zero-order valence-corrected chi connectivity index (χ0v) is 18.8. The lowest BCUT2D eigenvalue weighted by Gasteiger charge is -2.18. The van der Waals surface area contributed by atoms with Gasteiger partial charge in [0.05, 0.1) is 0 Å². The number of ketones is 1. The van der Waals surface area contributed by atoms with E-state index in [1.807, 2.05) is 65.5 Å². The fourth-order valence-electron chi connectivity index (χ4n) is 2.96. The van der Waals surface area contributed by atoms with E-state index in [1.54, 1.807) is 0 Å². The van der Waals surface area contributed by atoms with Crippen LogP contribution in [0.15, 0.2) is 73.1 Å². The lowest BCUT2D eigenvalue weighted by atomic mass is 9.86. The van der Waals surface area contributed by atoms with E-state index in [1.165, 1.54) is 16.7 Å². The van der Waals surface area contributed by atoms with Crippen LogP contribution in [0.5, 0.6) is 0 Å². The van der Waals surface area contributed by atoms with Gasteiger partial charge in [-0.2, -0.15) is 4.57 Å². The summed E-state index contributed by atoms with van der Waals surface area (Å²) in [7, 11) is 0. The molecule has 1 aromatic heterocycles. The molecule has 0 saturated heterocycles. The van der Waals surface area contributed by atoms with Crippen molar-refractivity contribution in [1.82, 2.24) is 0 Å². The second-order valence-corrected chi connectivity index (χ2v) is 8.37. The molecule has 0 saturated carbocycles. The molecule has 0 aliphatic rings. The molecule has 3 rings (SSSR count). The molecule has 0 bridgehead atoms. The maximum atomic E-state index is 12.5. The molecule has 146 valence electrons. The van der Waals surface area contributed by atoms with Gasteiger partial charge in [0.1, 0.15) is 0 Å². The Morgan fingerprint density at radius 1 is 0.857 bits per heavy atom. The number of aromatic nitrogens is 1. The van der Waals surface area contributed by atoms with E-state index in [0.29, 0.717) is 6.54 Å². The molecule has 0 aliphatic carbocycles. The first kappa shape index (κ1) is 22.3. The van der Waals surface area contributed by atoms with Crippen molar-refractivity contribution in [3.63, 3.8) is 0 Å². The quantitative estimate of drug-likeness (QED) is 0.425. The number of carbonyl (C=O) groups excluding carboxylic acids is 1. The minimum atomic E-state index is 0. The highest BCUT2D eigenvalue weighted by Gasteiger charge is 2.16. The van der Waals surface area contributed by atoms with Crippen molar-refractivity contribution in [3.8, 4) is 0 Å². The van der Waals surface area contributed by atoms with Crippen LogP contribution in [0.25, 0.3) is 0 Å². The third-order valence-corrected chi connectivity index (χ3v) is 4.93. The first-order chi connectivity index (χ1) is 12.8. The van der Waals surface area contributed by atoms with Gasteiger partial charge in [-0.3, -0.25) is 4.79 Å². The standard InChI is InChI=1S/C24H25ClNO.BrH/c1-24(2,3)21-8-6-20(7-9-21)23(27)17-26-14-12-19(13-15-26)16-18-4-10-22(25)11-5-18;/h4-15H,16-17H2,1-3H3;1H/q+1;/p-1. The second kappa shape index (κ2) is 9.49. The maximum absolute atomic E-state index is 12.5.